The van der Waals surface area contributed by atoms with Crippen LogP contribution in [0.4, 0.5) is 5.69 Å². The number of ether oxygens (including phenoxy) is 1. The number of rotatable bonds is 6. The summed E-state index contributed by atoms with van der Waals surface area (Å²) in [5.74, 6) is -0.699. The van der Waals surface area contributed by atoms with Crippen LogP contribution in [0.1, 0.15) is 36.5 Å². The monoisotopic (exact) mass is 329 g/mol. The number of hydrogen-bond acceptors (Lipinski definition) is 4. The molecule has 0 saturated heterocycles. The van der Waals surface area contributed by atoms with Crippen LogP contribution in [-0.2, 0) is 16.1 Å². The lowest BCUT2D eigenvalue weighted by Crippen LogP contribution is -2.46. The topological polar surface area (TPSA) is 64.4 Å². The lowest BCUT2D eigenvalue weighted by atomic mass is 10.1. The van der Waals surface area contributed by atoms with E-state index in [2.05, 4.69) is 5.10 Å². The van der Waals surface area contributed by atoms with E-state index in [1.54, 1.807) is 10.7 Å². The van der Waals surface area contributed by atoms with E-state index in [1.165, 1.54) is 12.0 Å². The Hall–Kier alpha value is -2.63. The summed E-state index contributed by atoms with van der Waals surface area (Å²) in [6.45, 7) is 6.20. The number of hydrogen-bond donors (Lipinski definition) is 0. The number of aromatic nitrogens is 2. The molecule has 0 saturated carbocycles. The van der Waals surface area contributed by atoms with Gasteiger partial charge in [0.15, 0.2) is 0 Å². The number of carbonyl (C=O) groups is 2. The normalized spacial score (nSPS) is 11.8. The SMILES string of the molecule is CC[C@@H](C(=O)OC)N(C(=O)c1cc(C)nn1CC)c1ccccc1. The zero-order chi connectivity index (χ0) is 17.7. The summed E-state index contributed by atoms with van der Waals surface area (Å²) in [6, 6.07) is 10.2. The second kappa shape index (κ2) is 7.77. The van der Waals surface area contributed by atoms with Gasteiger partial charge >= 0.3 is 5.97 Å². The Morgan fingerprint density at radius 2 is 1.92 bits per heavy atom. The lowest BCUT2D eigenvalue weighted by Gasteiger charge is -2.29. The highest BCUT2D eigenvalue weighted by atomic mass is 16.5. The molecule has 0 aliphatic carbocycles. The first-order valence-electron chi connectivity index (χ1n) is 8.04. The molecule has 128 valence electrons. The molecule has 6 nitrogen and oxygen atoms in total. The van der Waals surface area contributed by atoms with Crippen LogP contribution in [0.25, 0.3) is 0 Å². The number of benzene rings is 1. The van der Waals surface area contributed by atoms with Gasteiger partial charge in [0.2, 0.25) is 0 Å². The highest BCUT2D eigenvalue weighted by molar-refractivity contribution is 6.08. The Morgan fingerprint density at radius 3 is 2.46 bits per heavy atom. The molecular weight excluding hydrogens is 306 g/mol. The fourth-order valence-corrected chi connectivity index (χ4v) is 2.70. The Bertz CT molecular complexity index is 710. The summed E-state index contributed by atoms with van der Waals surface area (Å²) < 4.78 is 6.55. The Balaban J connectivity index is 2.53. The van der Waals surface area contributed by atoms with Crippen molar-refractivity contribution in [3.05, 3.63) is 47.8 Å². The van der Waals surface area contributed by atoms with Gasteiger partial charge in [-0.3, -0.25) is 14.4 Å². The van der Waals surface area contributed by atoms with E-state index >= 15 is 0 Å². The number of anilines is 1. The van der Waals surface area contributed by atoms with E-state index in [1.807, 2.05) is 51.1 Å². The summed E-state index contributed by atoms with van der Waals surface area (Å²) in [5.41, 5.74) is 1.88. The highest BCUT2D eigenvalue weighted by Crippen LogP contribution is 2.22. The fourth-order valence-electron chi connectivity index (χ4n) is 2.70. The number of amides is 1. The van der Waals surface area contributed by atoms with E-state index in [4.69, 9.17) is 4.74 Å². The molecule has 6 heteroatoms. The molecule has 2 rings (SSSR count). The van der Waals surface area contributed by atoms with Crippen molar-refractivity contribution >= 4 is 17.6 Å². The molecule has 0 spiro atoms. The Labute approximate surface area is 142 Å². The van der Waals surface area contributed by atoms with Crippen LogP contribution < -0.4 is 4.90 Å². The average Bonchev–Trinajstić information content (AvgIpc) is 3.00. The summed E-state index contributed by atoms with van der Waals surface area (Å²) in [6.07, 6.45) is 0.451. The van der Waals surface area contributed by atoms with Crippen molar-refractivity contribution in [2.75, 3.05) is 12.0 Å². The number of methoxy groups -OCH3 is 1. The van der Waals surface area contributed by atoms with Crippen molar-refractivity contribution in [2.45, 2.75) is 39.8 Å². The van der Waals surface area contributed by atoms with Gasteiger partial charge in [0.1, 0.15) is 11.7 Å². The summed E-state index contributed by atoms with van der Waals surface area (Å²) in [7, 11) is 1.33. The average molecular weight is 329 g/mol. The summed E-state index contributed by atoms with van der Waals surface area (Å²) >= 11 is 0. The molecule has 0 bridgehead atoms. The standard InChI is InChI=1S/C18H23N3O3/c1-5-15(18(23)24-4)21(14-10-8-7-9-11-14)17(22)16-12-13(3)19-20(16)6-2/h7-12,15H,5-6H2,1-4H3/t15-/m0/s1. The quantitative estimate of drug-likeness (QED) is 0.765. The molecule has 1 aromatic heterocycles. The van der Waals surface area contributed by atoms with E-state index in [0.717, 1.165) is 5.69 Å². The third-order valence-electron chi connectivity index (χ3n) is 3.85. The van der Waals surface area contributed by atoms with Gasteiger partial charge in [-0.2, -0.15) is 5.10 Å². The van der Waals surface area contributed by atoms with Crippen molar-refractivity contribution in [1.29, 1.82) is 0 Å². The van der Waals surface area contributed by atoms with Gasteiger partial charge in [-0.05, 0) is 38.5 Å². The van der Waals surface area contributed by atoms with Gasteiger partial charge in [0.05, 0.1) is 12.8 Å². The molecule has 1 aromatic carbocycles. The van der Waals surface area contributed by atoms with Crippen LogP contribution in [0.3, 0.4) is 0 Å². The maximum Gasteiger partial charge on any atom is 0.328 e. The van der Waals surface area contributed by atoms with E-state index in [0.29, 0.717) is 24.3 Å². The molecular formula is C18H23N3O3. The molecule has 1 amide bonds. The van der Waals surface area contributed by atoms with Crippen LogP contribution >= 0.6 is 0 Å². The number of esters is 1. The molecule has 1 heterocycles. The van der Waals surface area contributed by atoms with Crippen molar-refractivity contribution in [2.24, 2.45) is 0 Å². The number of nitrogens with zero attached hydrogens (tertiary/aromatic N) is 3. The first-order chi connectivity index (χ1) is 11.5. The van der Waals surface area contributed by atoms with Crippen LogP contribution in [0, 0.1) is 6.92 Å². The number of carbonyl (C=O) groups excluding carboxylic acids is 2. The van der Waals surface area contributed by atoms with Gasteiger partial charge in [-0.15, -0.1) is 0 Å². The van der Waals surface area contributed by atoms with Crippen molar-refractivity contribution < 1.29 is 14.3 Å². The van der Waals surface area contributed by atoms with Gasteiger partial charge in [-0.25, -0.2) is 4.79 Å². The zero-order valence-corrected chi connectivity index (χ0v) is 14.5. The molecule has 0 radical (unpaired) electrons. The van der Waals surface area contributed by atoms with Crippen LogP contribution in [0.15, 0.2) is 36.4 Å². The molecule has 2 aromatic rings. The molecule has 1 atom stereocenters. The van der Waals surface area contributed by atoms with Crippen molar-refractivity contribution in [3.63, 3.8) is 0 Å². The summed E-state index contributed by atoms with van der Waals surface area (Å²) in [4.78, 5) is 26.9. The fraction of sp³-hybridized carbons (Fsp3) is 0.389. The minimum absolute atomic E-state index is 0.263. The largest absolute Gasteiger partial charge is 0.467 e. The first kappa shape index (κ1) is 17.7. The second-order valence-corrected chi connectivity index (χ2v) is 5.44. The third-order valence-corrected chi connectivity index (χ3v) is 3.85. The van der Waals surface area contributed by atoms with Gasteiger partial charge in [0.25, 0.3) is 5.91 Å². The van der Waals surface area contributed by atoms with Gasteiger partial charge in [0, 0.05) is 12.2 Å². The van der Waals surface area contributed by atoms with E-state index < -0.39 is 12.0 Å². The molecule has 0 N–H and O–H groups in total. The third kappa shape index (κ3) is 3.48. The van der Waals surface area contributed by atoms with Crippen molar-refractivity contribution in [1.82, 2.24) is 9.78 Å². The highest BCUT2D eigenvalue weighted by Gasteiger charge is 2.32. The lowest BCUT2D eigenvalue weighted by molar-refractivity contribution is -0.142. The molecule has 0 aliphatic rings. The predicted octanol–water partition coefficient (Wildman–Crippen LogP) is 2.81. The van der Waals surface area contributed by atoms with Gasteiger partial charge < -0.3 is 4.74 Å². The first-order valence-corrected chi connectivity index (χ1v) is 8.04. The molecule has 24 heavy (non-hydrogen) atoms. The van der Waals surface area contributed by atoms with E-state index in [9.17, 15) is 9.59 Å². The Kier molecular flexibility index (Phi) is 5.73. The smallest absolute Gasteiger partial charge is 0.328 e. The van der Waals surface area contributed by atoms with E-state index in [-0.39, 0.29) is 5.91 Å². The predicted molar refractivity (Wildman–Crippen MR) is 92.0 cm³/mol. The zero-order valence-electron chi connectivity index (χ0n) is 14.5. The Morgan fingerprint density at radius 1 is 1.25 bits per heavy atom. The molecule has 0 unspecified atom stereocenters. The van der Waals surface area contributed by atoms with Crippen LogP contribution in [0.5, 0.6) is 0 Å². The molecule has 0 fully saturated rings. The van der Waals surface area contributed by atoms with Crippen LogP contribution in [-0.4, -0.2) is 34.8 Å². The number of para-hydroxylation sites is 1. The number of aryl methyl sites for hydroxylation is 2. The summed E-state index contributed by atoms with van der Waals surface area (Å²) in [5, 5.41) is 4.33. The maximum atomic E-state index is 13.2. The maximum absolute atomic E-state index is 13.2. The van der Waals surface area contributed by atoms with Crippen LogP contribution in [0.2, 0.25) is 0 Å². The second-order valence-electron chi connectivity index (χ2n) is 5.44. The van der Waals surface area contributed by atoms with Crippen molar-refractivity contribution in [3.8, 4) is 0 Å². The molecule has 0 aliphatic heterocycles. The van der Waals surface area contributed by atoms with Gasteiger partial charge in [-0.1, -0.05) is 25.1 Å². The minimum Gasteiger partial charge on any atom is -0.467 e. The minimum atomic E-state index is -0.689.